The highest BCUT2D eigenvalue weighted by Gasteiger charge is 2.57. The number of carbonyl (C=O) groups excluding carboxylic acids is 2. The van der Waals surface area contributed by atoms with Gasteiger partial charge in [-0.2, -0.15) is 0 Å². The van der Waals surface area contributed by atoms with Crippen LogP contribution in [0.2, 0.25) is 6.32 Å². The summed E-state index contributed by atoms with van der Waals surface area (Å²) >= 11 is 2.09. The van der Waals surface area contributed by atoms with E-state index in [4.69, 9.17) is 14.1 Å². The Kier molecular flexibility index (Phi) is 9.60. The lowest BCUT2D eigenvalue weighted by molar-refractivity contribution is -0.140. The van der Waals surface area contributed by atoms with Gasteiger partial charge in [-0.15, -0.1) is 0 Å². The lowest BCUT2D eigenvalue weighted by Crippen LogP contribution is -2.46. The Balaban J connectivity index is 1.61. The van der Waals surface area contributed by atoms with E-state index in [-0.39, 0.29) is 29.6 Å². The number of nitrogens with zero attached hydrogens (tertiary/aromatic N) is 1. The zero-order chi connectivity index (χ0) is 27.6. The van der Waals surface area contributed by atoms with Gasteiger partial charge in [0.05, 0.1) is 35.2 Å². The Bertz CT molecular complexity index is 1140. The van der Waals surface area contributed by atoms with E-state index in [9.17, 15) is 19.7 Å². The van der Waals surface area contributed by atoms with Crippen LogP contribution in [0.4, 0.5) is 0 Å². The largest absolute Gasteiger partial charge is 0.504 e. The third-order valence-electron chi connectivity index (χ3n) is 7.99. The van der Waals surface area contributed by atoms with E-state index in [1.165, 1.54) is 17.6 Å². The number of allylic oxidation sites excluding steroid dienone is 1. The van der Waals surface area contributed by atoms with E-state index < -0.39 is 19.0 Å². The van der Waals surface area contributed by atoms with Gasteiger partial charge in [0.15, 0.2) is 11.5 Å². The Morgan fingerprint density at radius 2 is 2.00 bits per heavy atom. The number of amides is 2. The molecule has 10 heteroatoms. The molecule has 4 rings (SSSR count). The van der Waals surface area contributed by atoms with E-state index in [0.29, 0.717) is 41.6 Å². The molecule has 2 heterocycles. The van der Waals surface area contributed by atoms with Crippen molar-refractivity contribution in [1.29, 1.82) is 0 Å². The maximum Gasteiger partial charge on any atom is 0.455 e. The second-order valence-corrected chi connectivity index (χ2v) is 11.5. The molecule has 2 amide bonds. The number of imide groups is 1. The minimum absolute atomic E-state index is 0.0952. The second-order valence-electron chi connectivity index (χ2n) is 10.3. The second kappa shape index (κ2) is 12.5. The molecule has 2 saturated heterocycles. The molecule has 1 aromatic rings. The van der Waals surface area contributed by atoms with Crippen LogP contribution in [0.3, 0.4) is 0 Å². The molecule has 38 heavy (non-hydrogen) atoms. The van der Waals surface area contributed by atoms with Gasteiger partial charge in [-0.1, -0.05) is 25.5 Å². The van der Waals surface area contributed by atoms with Gasteiger partial charge in [0.25, 0.3) is 0 Å². The lowest BCUT2D eigenvalue weighted by Gasteiger charge is -2.43. The molecule has 0 spiro atoms. The summed E-state index contributed by atoms with van der Waals surface area (Å²) in [6, 6.07) is 3.73. The number of hydrogen-bond donors (Lipinski definition) is 2. The number of rotatable bonds is 10. The number of ether oxygens (including phenoxy) is 2. The minimum Gasteiger partial charge on any atom is -0.504 e. The number of phenols is 1. The van der Waals surface area contributed by atoms with Crippen LogP contribution in [0.15, 0.2) is 28.9 Å². The zero-order valence-electron chi connectivity index (χ0n) is 22.5. The maximum absolute atomic E-state index is 13.4. The van der Waals surface area contributed by atoms with Crippen LogP contribution >= 0.6 is 22.6 Å². The van der Waals surface area contributed by atoms with E-state index in [1.807, 2.05) is 19.1 Å². The Labute approximate surface area is 238 Å². The smallest absolute Gasteiger partial charge is 0.455 e. The first-order valence-corrected chi connectivity index (χ1v) is 14.5. The van der Waals surface area contributed by atoms with E-state index in [1.54, 1.807) is 7.11 Å². The molecule has 0 unspecified atom stereocenters. The predicted octanol–water partition coefficient (Wildman–Crippen LogP) is 4.43. The molecule has 2 aliphatic heterocycles. The van der Waals surface area contributed by atoms with E-state index >= 15 is 0 Å². The topological polar surface area (TPSA) is 106 Å². The van der Waals surface area contributed by atoms with Gasteiger partial charge in [-0.3, -0.25) is 14.5 Å². The molecule has 8 nitrogen and oxygen atoms in total. The van der Waals surface area contributed by atoms with Crippen molar-refractivity contribution in [3.05, 3.63) is 38.0 Å². The minimum atomic E-state index is -0.989. The number of halogens is 1. The van der Waals surface area contributed by atoms with Crippen molar-refractivity contribution in [2.45, 2.75) is 58.4 Å². The van der Waals surface area contributed by atoms with Gasteiger partial charge in [-0.25, -0.2) is 0 Å². The zero-order valence-corrected chi connectivity index (χ0v) is 24.7. The number of phenolic OH excluding ortho intramolecular Hbond substituents is 1. The summed E-state index contributed by atoms with van der Waals surface area (Å²) in [6.45, 7) is 4.87. The number of fused-ring (bicyclic) bond motifs is 3. The highest BCUT2D eigenvalue weighted by atomic mass is 127. The van der Waals surface area contributed by atoms with Crippen LogP contribution in [-0.2, 0) is 19.0 Å². The highest BCUT2D eigenvalue weighted by molar-refractivity contribution is 14.1. The van der Waals surface area contributed by atoms with Crippen LogP contribution in [0.25, 0.3) is 6.08 Å². The maximum atomic E-state index is 13.4. The molecule has 0 saturated carbocycles. The summed E-state index contributed by atoms with van der Waals surface area (Å²) in [6.07, 6.45) is 5.46. The molecule has 2 N–H and O–H groups in total. The molecular weight excluding hydrogens is 600 g/mol. The number of benzene rings is 1. The van der Waals surface area contributed by atoms with Crippen molar-refractivity contribution < 1.29 is 33.8 Å². The van der Waals surface area contributed by atoms with Crippen molar-refractivity contribution in [3.63, 3.8) is 0 Å². The van der Waals surface area contributed by atoms with E-state index in [2.05, 4.69) is 35.6 Å². The predicted molar refractivity (Wildman–Crippen MR) is 154 cm³/mol. The first kappa shape index (κ1) is 29.1. The number of hydrogen-bond acceptors (Lipinski definition) is 7. The summed E-state index contributed by atoms with van der Waals surface area (Å²) in [5.74, 6) is -0.719. The number of carbonyl (C=O) groups is 2. The van der Waals surface area contributed by atoms with Crippen LogP contribution in [0, 0.1) is 21.3 Å². The van der Waals surface area contributed by atoms with Gasteiger partial charge in [0, 0.05) is 13.7 Å². The third kappa shape index (κ3) is 5.69. The third-order valence-corrected chi connectivity index (χ3v) is 8.81. The van der Waals surface area contributed by atoms with Gasteiger partial charge in [0.1, 0.15) is 0 Å². The number of aromatic hydroxyl groups is 1. The van der Waals surface area contributed by atoms with Crippen LogP contribution in [-0.4, -0.2) is 67.4 Å². The molecule has 0 radical (unpaired) electrons. The Morgan fingerprint density at radius 1 is 1.24 bits per heavy atom. The molecule has 0 aromatic heterocycles. The van der Waals surface area contributed by atoms with Crippen LogP contribution in [0.1, 0.15) is 51.5 Å². The quantitative estimate of drug-likeness (QED) is 0.169. The Morgan fingerprint density at radius 3 is 2.66 bits per heavy atom. The summed E-state index contributed by atoms with van der Waals surface area (Å²) in [4.78, 5) is 28.0. The summed E-state index contributed by atoms with van der Waals surface area (Å²) < 4.78 is 17.6. The molecule has 2 fully saturated rings. The first-order valence-electron chi connectivity index (χ1n) is 13.4. The van der Waals surface area contributed by atoms with Crippen molar-refractivity contribution in [2.75, 3.05) is 27.4 Å². The molecule has 206 valence electrons. The lowest BCUT2D eigenvalue weighted by atomic mass is 9.58. The fourth-order valence-corrected chi connectivity index (χ4v) is 6.94. The Hall–Kier alpha value is -1.89. The average molecular weight is 637 g/mol. The van der Waals surface area contributed by atoms with Crippen molar-refractivity contribution in [1.82, 2.24) is 4.90 Å². The van der Waals surface area contributed by atoms with Crippen molar-refractivity contribution in [3.8, 4) is 11.5 Å². The van der Waals surface area contributed by atoms with Crippen LogP contribution in [0.5, 0.6) is 11.5 Å². The van der Waals surface area contributed by atoms with Crippen molar-refractivity contribution in [2.24, 2.45) is 17.8 Å². The van der Waals surface area contributed by atoms with Crippen molar-refractivity contribution >= 4 is 47.6 Å². The summed E-state index contributed by atoms with van der Waals surface area (Å²) in [5.41, 5.74) is 4.19. The molecule has 3 aliphatic rings. The van der Waals surface area contributed by atoms with Crippen LogP contribution < -0.4 is 4.74 Å². The summed E-state index contributed by atoms with van der Waals surface area (Å²) in [7, 11) is 2.18. The molecule has 4 atom stereocenters. The van der Waals surface area contributed by atoms with E-state index in [0.717, 1.165) is 36.0 Å². The van der Waals surface area contributed by atoms with Gasteiger partial charge in [-0.05, 0) is 95.8 Å². The number of likely N-dealkylation sites (tertiary alicyclic amines) is 1. The monoisotopic (exact) mass is 637 g/mol. The molecular formula is C28H37BINO7. The molecule has 1 aromatic carbocycles. The van der Waals surface area contributed by atoms with Gasteiger partial charge < -0.3 is 24.3 Å². The fourth-order valence-electron chi connectivity index (χ4n) is 6.32. The number of methoxy groups -OCH3 is 2. The average Bonchev–Trinajstić information content (AvgIpc) is 3.13. The highest BCUT2D eigenvalue weighted by Crippen LogP contribution is 2.50. The molecule has 1 aliphatic carbocycles. The first-order chi connectivity index (χ1) is 18.2. The normalized spacial score (nSPS) is 25.7. The summed E-state index contributed by atoms with van der Waals surface area (Å²) in [5, 5.41) is 20.9. The van der Waals surface area contributed by atoms with Gasteiger partial charge >= 0.3 is 7.12 Å². The fraction of sp³-hybridized carbons (Fsp3) is 0.571. The molecule has 0 bridgehead atoms. The van der Waals surface area contributed by atoms with Gasteiger partial charge in [0.2, 0.25) is 11.8 Å². The SMILES string of the molecule is CCCN1C(=O)[C@@H]2[C@@H](CC(COC)=C3[C@@H](CC/C(=C/c4cc(I)c(O)c(OC)c4)CC)OB(O)C[C@@H]32)C1=O. The standard InChI is InChI=1S/C28H37BINO7/c1-5-9-31-27(33)19-13-18(15-36-3)24-20(25(19)28(31)34)14-29(35)38-22(24)8-7-16(6-2)10-17-11-21(30)26(32)23(12-17)37-4/h10-12,19-20,22,25,32,35H,5-9,13-15H2,1-4H3/b16-10+/t19-,20+,22-,25-/m1/s1.